The third kappa shape index (κ3) is 2.86. The van der Waals surface area contributed by atoms with Crippen LogP contribution in [0.1, 0.15) is 50.2 Å². The Morgan fingerprint density at radius 3 is 2.61 bits per heavy atom. The Bertz CT molecular complexity index is 400. The fourth-order valence-electron chi connectivity index (χ4n) is 2.71. The summed E-state index contributed by atoms with van der Waals surface area (Å²) < 4.78 is 11.2. The van der Waals surface area contributed by atoms with E-state index in [1.165, 1.54) is 11.1 Å². The van der Waals surface area contributed by atoms with Crippen LogP contribution in [0.4, 0.5) is 0 Å². The molecule has 0 aliphatic carbocycles. The highest BCUT2D eigenvalue weighted by molar-refractivity contribution is 5.39. The minimum atomic E-state index is 0.463. The van der Waals surface area contributed by atoms with E-state index in [9.17, 15) is 0 Å². The Morgan fingerprint density at radius 2 is 2.06 bits per heavy atom. The Kier molecular flexibility index (Phi) is 4.28. The van der Waals surface area contributed by atoms with Crippen molar-refractivity contribution in [2.75, 3.05) is 7.11 Å². The van der Waals surface area contributed by atoms with Crippen LogP contribution >= 0.6 is 0 Å². The highest BCUT2D eigenvalue weighted by Crippen LogP contribution is 2.39. The number of hydrogen-bond acceptors (Lipinski definition) is 2. The first-order chi connectivity index (χ1) is 8.69. The number of hydrogen-bond donors (Lipinski definition) is 0. The summed E-state index contributed by atoms with van der Waals surface area (Å²) in [6, 6.07) is 6.45. The molecular formula is C16H24O2. The lowest BCUT2D eigenvalue weighted by Gasteiger charge is -2.18. The zero-order valence-corrected chi connectivity index (χ0v) is 11.9. The molecule has 2 rings (SSSR count). The summed E-state index contributed by atoms with van der Waals surface area (Å²) in [7, 11) is 1.75. The van der Waals surface area contributed by atoms with Gasteiger partial charge in [-0.2, -0.15) is 0 Å². The molecule has 0 spiro atoms. The first kappa shape index (κ1) is 13.4. The van der Waals surface area contributed by atoms with E-state index < -0.39 is 0 Å². The van der Waals surface area contributed by atoms with Gasteiger partial charge in [0.2, 0.25) is 0 Å². The van der Waals surface area contributed by atoms with Crippen molar-refractivity contribution in [1.29, 1.82) is 0 Å². The second kappa shape index (κ2) is 5.75. The molecule has 1 aliphatic rings. The predicted octanol–water partition coefficient (Wildman–Crippen LogP) is 4.06. The van der Waals surface area contributed by atoms with Gasteiger partial charge in [-0.05, 0) is 43.7 Å². The molecule has 0 aromatic heterocycles. The van der Waals surface area contributed by atoms with Crippen LogP contribution in [-0.4, -0.2) is 19.3 Å². The number of ether oxygens (including phenoxy) is 2. The van der Waals surface area contributed by atoms with Crippen LogP contribution in [0, 0.1) is 6.92 Å². The molecule has 1 heterocycles. The molecule has 2 heteroatoms. The van der Waals surface area contributed by atoms with Crippen molar-refractivity contribution >= 4 is 0 Å². The first-order valence-electron chi connectivity index (χ1n) is 6.99. The topological polar surface area (TPSA) is 21.8 Å². The quantitative estimate of drug-likeness (QED) is 0.708. The van der Waals surface area contributed by atoms with Gasteiger partial charge in [0.15, 0.2) is 0 Å². The Hall–Kier alpha value is -1.02. The van der Waals surface area contributed by atoms with Crippen molar-refractivity contribution in [2.24, 2.45) is 0 Å². The van der Waals surface area contributed by atoms with E-state index in [0.717, 1.165) is 25.0 Å². The average Bonchev–Trinajstić information content (AvgIpc) is 3.14. The molecule has 100 valence electrons. The van der Waals surface area contributed by atoms with E-state index in [-0.39, 0.29) is 0 Å². The molecule has 1 saturated heterocycles. The van der Waals surface area contributed by atoms with E-state index in [1.807, 2.05) is 0 Å². The molecule has 18 heavy (non-hydrogen) atoms. The summed E-state index contributed by atoms with van der Waals surface area (Å²) in [5.41, 5.74) is 2.64. The van der Waals surface area contributed by atoms with Gasteiger partial charge in [0.25, 0.3) is 0 Å². The van der Waals surface area contributed by atoms with Crippen LogP contribution in [0.3, 0.4) is 0 Å². The van der Waals surface area contributed by atoms with Crippen LogP contribution < -0.4 is 4.74 Å². The third-order valence-electron chi connectivity index (χ3n) is 3.92. The van der Waals surface area contributed by atoms with Crippen LogP contribution in [0.5, 0.6) is 5.75 Å². The molecular weight excluding hydrogens is 224 g/mol. The molecule has 1 aromatic rings. The zero-order valence-electron chi connectivity index (χ0n) is 11.9. The molecule has 1 aromatic carbocycles. The van der Waals surface area contributed by atoms with E-state index in [2.05, 4.69) is 39.0 Å². The fourth-order valence-corrected chi connectivity index (χ4v) is 2.71. The maximum atomic E-state index is 5.68. The molecule has 3 unspecified atom stereocenters. The summed E-state index contributed by atoms with van der Waals surface area (Å²) in [6.07, 6.45) is 4.34. The van der Waals surface area contributed by atoms with Crippen molar-refractivity contribution in [3.05, 3.63) is 29.3 Å². The van der Waals surface area contributed by atoms with E-state index >= 15 is 0 Å². The second-order valence-corrected chi connectivity index (χ2v) is 5.21. The molecule has 0 amide bonds. The molecule has 0 bridgehead atoms. The van der Waals surface area contributed by atoms with Gasteiger partial charge >= 0.3 is 0 Å². The SMILES string of the molecule is CCC(CC1OC1CC)c1cc(C)ccc1OC. The maximum absolute atomic E-state index is 5.68. The Morgan fingerprint density at radius 1 is 1.28 bits per heavy atom. The van der Waals surface area contributed by atoms with E-state index in [0.29, 0.717) is 18.1 Å². The second-order valence-electron chi connectivity index (χ2n) is 5.21. The number of aryl methyl sites for hydroxylation is 1. The van der Waals surface area contributed by atoms with Crippen LogP contribution in [0.2, 0.25) is 0 Å². The number of rotatable bonds is 6. The van der Waals surface area contributed by atoms with Crippen molar-refractivity contribution in [2.45, 2.75) is 58.2 Å². The summed E-state index contributed by atoms with van der Waals surface area (Å²) in [5, 5.41) is 0. The first-order valence-corrected chi connectivity index (χ1v) is 6.99. The smallest absolute Gasteiger partial charge is 0.122 e. The van der Waals surface area contributed by atoms with Crippen molar-refractivity contribution in [3.63, 3.8) is 0 Å². The average molecular weight is 248 g/mol. The van der Waals surface area contributed by atoms with Gasteiger partial charge < -0.3 is 9.47 Å². The van der Waals surface area contributed by atoms with Gasteiger partial charge in [-0.1, -0.05) is 31.5 Å². The minimum Gasteiger partial charge on any atom is -0.496 e. The van der Waals surface area contributed by atoms with Crippen LogP contribution in [0.25, 0.3) is 0 Å². The molecule has 2 nitrogen and oxygen atoms in total. The number of epoxide rings is 1. The summed E-state index contributed by atoms with van der Waals surface area (Å²) in [4.78, 5) is 0. The van der Waals surface area contributed by atoms with Gasteiger partial charge in [-0.25, -0.2) is 0 Å². The molecule has 0 N–H and O–H groups in total. The van der Waals surface area contributed by atoms with Crippen molar-refractivity contribution in [1.82, 2.24) is 0 Å². The summed E-state index contributed by atoms with van der Waals surface area (Å²) in [5.74, 6) is 1.56. The van der Waals surface area contributed by atoms with Gasteiger partial charge in [0, 0.05) is 0 Å². The summed E-state index contributed by atoms with van der Waals surface area (Å²) >= 11 is 0. The number of methoxy groups -OCH3 is 1. The molecule has 1 fully saturated rings. The van der Waals surface area contributed by atoms with Crippen molar-refractivity contribution in [3.8, 4) is 5.75 Å². The normalized spacial score (nSPS) is 23.8. The van der Waals surface area contributed by atoms with Crippen LogP contribution in [-0.2, 0) is 4.74 Å². The molecule has 0 radical (unpaired) electrons. The lowest BCUT2D eigenvalue weighted by atomic mass is 9.89. The van der Waals surface area contributed by atoms with Crippen LogP contribution in [0.15, 0.2) is 18.2 Å². The zero-order chi connectivity index (χ0) is 13.1. The maximum Gasteiger partial charge on any atom is 0.122 e. The number of benzene rings is 1. The summed E-state index contributed by atoms with van der Waals surface area (Å²) in [6.45, 7) is 6.58. The highest BCUT2D eigenvalue weighted by atomic mass is 16.6. The van der Waals surface area contributed by atoms with Gasteiger partial charge in [-0.15, -0.1) is 0 Å². The molecule has 1 aliphatic heterocycles. The molecule has 3 atom stereocenters. The largest absolute Gasteiger partial charge is 0.496 e. The predicted molar refractivity (Wildman–Crippen MR) is 74.3 cm³/mol. The van der Waals surface area contributed by atoms with E-state index in [4.69, 9.17) is 9.47 Å². The van der Waals surface area contributed by atoms with Gasteiger partial charge in [0.05, 0.1) is 19.3 Å². The molecule has 0 saturated carbocycles. The van der Waals surface area contributed by atoms with Gasteiger partial charge in [0.1, 0.15) is 5.75 Å². The fraction of sp³-hybridized carbons (Fsp3) is 0.625. The lowest BCUT2D eigenvalue weighted by Crippen LogP contribution is -2.06. The monoisotopic (exact) mass is 248 g/mol. The Labute approximate surface area is 110 Å². The Balaban J connectivity index is 2.13. The van der Waals surface area contributed by atoms with Crippen molar-refractivity contribution < 1.29 is 9.47 Å². The third-order valence-corrected chi connectivity index (χ3v) is 3.92. The van der Waals surface area contributed by atoms with Gasteiger partial charge in [-0.3, -0.25) is 0 Å². The standard InChI is InChI=1S/C16H24O2/c1-5-12(10-16-14(6-2)18-16)13-9-11(3)7-8-15(13)17-4/h7-9,12,14,16H,5-6,10H2,1-4H3. The minimum absolute atomic E-state index is 0.463. The lowest BCUT2D eigenvalue weighted by molar-refractivity contribution is 0.345. The van der Waals surface area contributed by atoms with E-state index in [1.54, 1.807) is 7.11 Å². The highest BCUT2D eigenvalue weighted by Gasteiger charge is 2.38.